The molecule has 0 atom stereocenters. The van der Waals surface area contributed by atoms with E-state index in [0.717, 1.165) is 11.8 Å². The van der Waals surface area contributed by atoms with Crippen LogP contribution in [0.2, 0.25) is 0 Å². The Kier molecular flexibility index (Phi) is 4.88. The molecule has 20 heavy (non-hydrogen) atoms. The summed E-state index contributed by atoms with van der Waals surface area (Å²) in [7, 11) is 0. The Morgan fingerprint density at radius 1 is 1.45 bits per heavy atom. The first-order valence-electron chi connectivity index (χ1n) is 5.47. The third-order valence-electron chi connectivity index (χ3n) is 2.11. The lowest BCUT2D eigenvalue weighted by molar-refractivity contribution is -0.113. The van der Waals surface area contributed by atoms with Gasteiger partial charge in [0.25, 0.3) is 0 Å². The van der Waals surface area contributed by atoms with Crippen molar-refractivity contribution in [3.63, 3.8) is 0 Å². The number of nitrogens with zero attached hydrogens (tertiary/aromatic N) is 2. The summed E-state index contributed by atoms with van der Waals surface area (Å²) >= 11 is 1.14. The molecule has 0 aliphatic heterocycles. The monoisotopic (exact) mass is 300 g/mol. The summed E-state index contributed by atoms with van der Waals surface area (Å²) in [5, 5.41) is 9.23. The van der Waals surface area contributed by atoms with Crippen molar-refractivity contribution in [1.29, 1.82) is 0 Å². The number of alkyl halides is 2. The third kappa shape index (κ3) is 4.19. The summed E-state index contributed by atoms with van der Waals surface area (Å²) in [6, 6.07) is 5.98. The lowest BCUT2D eigenvalue weighted by Gasteiger charge is -2.11. The summed E-state index contributed by atoms with van der Waals surface area (Å²) in [5.74, 6) is -0.379. The molecule has 1 aromatic heterocycles. The average Bonchev–Trinajstić information content (AvgIpc) is 2.91. The first-order valence-corrected chi connectivity index (χ1v) is 6.45. The van der Waals surface area contributed by atoms with Crippen LogP contribution in [0.3, 0.4) is 0 Å². The van der Waals surface area contributed by atoms with Gasteiger partial charge in [0.2, 0.25) is 5.91 Å². The highest BCUT2D eigenvalue weighted by Crippen LogP contribution is 2.25. The van der Waals surface area contributed by atoms with Crippen LogP contribution in [0, 0.1) is 0 Å². The summed E-state index contributed by atoms with van der Waals surface area (Å²) in [4.78, 5) is 15.6. The number of aromatic nitrogens is 3. The number of carbonyl (C=O) groups is 1. The van der Waals surface area contributed by atoms with E-state index in [-0.39, 0.29) is 23.1 Å². The van der Waals surface area contributed by atoms with E-state index in [0.29, 0.717) is 5.16 Å². The Balaban J connectivity index is 1.93. The molecule has 0 bridgehead atoms. The number of halogens is 2. The van der Waals surface area contributed by atoms with Crippen LogP contribution < -0.4 is 10.1 Å². The molecule has 1 amide bonds. The smallest absolute Gasteiger partial charge is 0.387 e. The minimum atomic E-state index is -2.95. The zero-order chi connectivity index (χ0) is 14.4. The van der Waals surface area contributed by atoms with Crippen LogP contribution in [0.25, 0.3) is 0 Å². The van der Waals surface area contributed by atoms with Crippen molar-refractivity contribution >= 4 is 23.4 Å². The van der Waals surface area contributed by atoms with Gasteiger partial charge in [0, 0.05) is 0 Å². The molecule has 1 heterocycles. The molecule has 0 saturated heterocycles. The number of nitrogens with one attached hydrogen (secondary N) is 2. The van der Waals surface area contributed by atoms with Crippen LogP contribution in [0.15, 0.2) is 35.7 Å². The van der Waals surface area contributed by atoms with Gasteiger partial charge in [-0.1, -0.05) is 23.9 Å². The Morgan fingerprint density at radius 2 is 2.25 bits per heavy atom. The number of aromatic amines is 1. The van der Waals surface area contributed by atoms with Crippen LogP contribution in [0.1, 0.15) is 0 Å². The normalized spacial score (nSPS) is 10.6. The van der Waals surface area contributed by atoms with Crippen molar-refractivity contribution < 1.29 is 18.3 Å². The van der Waals surface area contributed by atoms with E-state index in [1.807, 2.05) is 0 Å². The van der Waals surface area contributed by atoms with Crippen LogP contribution in [0.4, 0.5) is 14.5 Å². The summed E-state index contributed by atoms with van der Waals surface area (Å²) in [5.41, 5.74) is 0.191. The average molecular weight is 300 g/mol. The number of rotatable bonds is 6. The summed E-state index contributed by atoms with van der Waals surface area (Å²) in [6.07, 6.45) is 1.33. The lowest BCUT2D eigenvalue weighted by Crippen LogP contribution is -2.15. The van der Waals surface area contributed by atoms with Crippen molar-refractivity contribution in [2.24, 2.45) is 0 Å². The number of benzene rings is 1. The van der Waals surface area contributed by atoms with Gasteiger partial charge in [-0.15, -0.1) is 0 Å². The molecule has 0 aliphatic rings. The van der Waals surface area contributed by atoms with Crippen molar-refractivity contribution in [1.82, 2.24) is 15.2 Å². The van der Waals surface area contributed by atoms with E-state index in [9.17, 15) is 13.6 Å². The molecule has 1 aromatic carbocycles. The number of para-hydroxylation sites is 2. The third-order valence-corrected chi connectivity index (χ3v) is 2.99. The van der Waals surface area contributed by atoms with E-state index < -0.39 is 6.61 Å². The zero-order valence-electron chi connectivity index (χ0n) is 10.0. The van der Waals surface area contributed by atoms with Crippen molar-refractivity contribution in [3.8, 4) is 5.75 Å². The maximum Gasteiger partial charge on any atom is 0.387 e. The van der Waals surface area contributed by atoms with Crippen molar-refractivity contribution in [2.45, 2.75) is 11.8 Å². The summed E-state index contributed by atoms with van der Waals surface area (Å²) in [6.45, 7) is -2.95. The highest BCUT2D eigenvalue weighted by Gasteiger charge is 2.12. The van der Waals surface area contributed by atoms with Crippen molar-refractivity contribution in [3.05, 3.63) is 30.6 Å². The number of anilines is 1. The Labute approximate surface area is 116 Å². The highest BCUT2D eigenvalue weighted by atomic mass is 32.2. The maximum absolute atomic E-state index is 12.2. The van der Waals surface area contributed by atoms with E-state index >= 15 is 0 Å². The standard InChI is InChI=1S/C11H10F2N4O2S/c12-10(13)19-8-4-2-1-3-7(8)16-9(18)5-20-11-14-6-15-17-11/h1-4,6,10H,5H2,(H,16,18)(H,14,15,17). The fourth-order valence-electron chi connectivity index (χ4n) is 1.35. The van der Waals surface area contributed by atoms with Gasteiger partial charge in [-0.2, -0.15) is 13.9 Å². The van der Waals surface area contributed by atoms with E-state index in [4.69, 9.17) is 0 Å². The molecule has 9 heteroatoms. The van der Waals surface area contributed by atoms with E-state index in [1.165, 1.54) is 24.5 Å². The molecule has 106 valence electrons. The van der Waals surface area contributed by atoms with E-state index in [2.05, 4.69) is 25.2 Å². The first kappa shape index (κ1) is 14.3. The molecule has 0 fully saturated rings. The van der Waals surface area contributed by atoms with Gasteiger partial charge in [-0.05, 0) is 12.1 Å². The molecule has 0 saturated carbocycles. The second-order valence-electron chi connectivity index (χ2n) is 3.50. The molecular formula is C11H10F2N4O2S. The molecule has 2 aromatic rings. The van der Waals surface area contributed by atoms with Gasteiger partial charge in [0.1, 0.15) is 12.1 Å². The Bertz CT molecular complexity index is 565. The molecule has 2 N–H and O–H groups in total. The van der Waals surface area contributed by atoms with Gasteiger partial charge in [0.05, 0.1) is 11.4 Å². The SMILES string of the molecule is O=C(CSc1ncn[nH]1)Nc1ccccc1OC(F)F. The maximum atomic E-state index is 12.2. The zero-order valence-corrected chi connectivity index (χ0v) is 10.9. The van der Waals surface area contributed by atoms with Gasteiger partial charge < -0.3 is 10.1 Å². The van der Waals surface area contributed by atoms with Gasteiger partial charge in [0.15, 0.2) is 5.16 Å². The predicted octanol–water partition coefficient (Wildman–Crippen LogP) is 2.14. The largest absolute Gasteiger partial charge is 0.433 e. The van der Waals surface area contributed by atoms with Crippen molar-refractivity contribution in [2.75, 3.05) is 11.1 Å². The molecule has 0 radical (unpaired) electrons. The van der Waals surface area contributed by atoms with Crippen LogP contribution in [-0.2, 0) is 4.79 Å². The van der Waals surface area contributed by atoms with Gasteiger partial charge >= 0.3 is 6.61 Å². The van der Waals surface area contributed by atoms with Gasteiger partial charge in [-0.25, -0.2) is 4.98 Å². The van der Waals surface area contributed by atoms with Gasteiger partial charge in [-0.3, -0.25) is 9.89 Å². The number of ether oxygens (including phenoxy) is 1. The predicted molar refractivity (Wildman–Crippen MR) is 68.8 cm³/mol. The lowest BCUT2D eigenvalue weighted by atomic mass is 10.3. The minimum absolute atomic E-state index is 0.0677. The minimum Gasteiger partial charge on any atom is -0.433 e. The number of carbonyl (C=O) groups excluding carboxylic acids is 1. The number of thioether (sulfide) groups is 1. The topological polar surface area (TPSA) is 79.9 Å². The van der Waals surface area contributed by atoms with Crippen LogP contribution >= 0.6 is 11.8 Å². The highest BCUT2D eigenvalue weighted by molar-refractivity contribution is 7.99. The number of hydrogen-bond acceptors (Lipinski definition) is 5. The molecule has 0 unspecified atom stereocenters. The molecule has 6 nitrogen and oxygen atoms in total. The number of amides is 1. The van der Waals surface area contributed by atoms with Crippen LogP contribution in [0.5, 0.6) is 5.75 Å². The molecule has 2 rings (SSSR count). The van der Waals surface area contributed by atoms with Crippen LogP contribution in [-0.4, -0.2) is 33.5 Å². The quantitative estimate of drug-likeness (QED) is 0.799. The summed E-state index contributed by atoms with van der Waals surface area (Å²) < 4.78 is 28.7. The molecule has 0 spiro atoms. The molecular weight excluding hydrogens is 290 g/mol. The number of H-pyrrole nitrogens is 1. The fraction of sp³-hybridized carbons (Fsp3) is 0.182. The second kappa shape index (κ2) is 6.85. The Morgan fingerprint density at radius 3 is 2.95 bits per heavy atom. The number of hydrogen-bond donors (Lipinski definition) is 2. The molecule has 0 aliphatic carbocycles. The fourth-order valence-corrected chi connectivity index (χ4v) is 1.93. The van der Waals surface area contributed by atoms with E-state index in [1.54, 1.807) is 6.07 Å². The first-order chi connectivity index (χ1) is 9.65. The second-order valence-corrected chi connectivity index (χ2v) is 4.47. The Hall–Kier alpha value is -2.16.